The first-order chi connectivity index (χ1) is 11.4. The predicted molar refractivity (Wildman–Crippen MR) is 92.8 cm³/mol. The number of thiazole rings is 1. The Balaban J connectivity index is 1.31. The fourth-order valence-corrected chi connectivity index (χ4v) is 4.96. The molecule has 2 aromatic heterocycles. The van der Waals surface area contributed by atoms with E-state index in [9.17, 15) is 0 Å². The third kappa shape index (κ3) is 3.67. The predicted octanol–water partition coefficient (Wildman–Crippen LogP) is 3.40. The van der Waals surface area contributed by atoms with Crippen molar-refractivity contribution in [3.63, 3.8) is 0 Å². The summed E-state index contributed by atoms with van der Waals surface area (Å²) in [5.74, 6) is 0.519. The van der Waals surface area contributed by atoms with Gasteiger partial charge in [0.2, 0.25) is 0 Å². The summed E-state index contributed by atoms with van der Waals surface area (Å²) in [6.07, 6.45) is 4.59. The number of thiophene rings is 1. The lowest BCUT2D eigenvalue weighted by atomic mass is 10.0. The third-order valence-corrected chi connectivity index (χ3v) is 6.33. The van der Waals surface area contributed by atoms with Gasteiger partial charge in [0.05, 0.1) is 25.9 Å². The second kappa shape index (κ2) is 7.40. The van der Waals surface area contributed by atoms with Gasteiger partial charge in [-0.3, -0.25) is 4.90 Å². The first kappa shape index (κ1) is 15.7. The van der Waals surface area contributed by atoms with Crippen LogP contribution in [-0.4, -0.2) is 41.8 Å². The lowest BCUT2D eigenvalue weighted by molar-refractivity contribution is -0.0891. The summed E-state index contributed by atoms with van der Waals surface area (Å²) in [7, 11) is 0. The van der Waals surface area contributed by atoms with Crippen LogP contribution in [0.1, 0.15) is 23.4 Å². The number of hydrogen-bond acceptors (Lipinski definition) is 6. The van der Waals surface area contributed by atoms with Crippen LogP contribution in [0.5, 0.6) is 0 Å². The van der Waals surface area contributed by atoms with Crippen molar-refractivity contribution >= 4 is 22.7 Å². The first-order valence-electron chi connectivity index (χ1n) is 8.23. The molecule has 2 aromatic rings. The normalized spacial score (nSPS) is 28.1. The molecule has 0 amide bonds. The van der Waals surface area contributed by atoms with Gasteiger partial charge >= 0.3 is 0 Å². The smallest absolute Gasteiger partial charge is 0.118 e. The zero-order chi connectivity index (χ0) is 15.5. The summed E-state index contributed by atoms with van der Waals surface area (Å²) in [5, 5.41) is 7.48. The number of aromatic nitrogens is 1. The van der Waals surface area contributed by atoms with Crippen molar-refractivity contribution in [3.8, 4) is 0 Å². The fourth-order valence-electron chi connectivity index (χ4n) is 3.75. The van der Waals surface area contributed by atoms with Crippen LogP contribution >= 0.6 is 22.7 Å². The molecule has 0 unspecified atom stereocenters. The van der Waals surface area contributed by atoms with E-state index in [2.05, 4.69) is 26.7 Å². The number of ether oxygens (including phenoxy) is 2. The maximum Gasteiger partial charge on any atom is 0.118 e. The van der Waals surface area contributed by atoms with E-state index < -0.39 is 0 Å². The summed E-state index contributed by atoms with van der Waals surface area (Å²) in [5.41, 5.74) is 1.43. The average molecular weight is 351 g/mol. The number of rotatable bonds is 6. The Kier molecular flexibility index (Phi) is 5.06. The Morgan fingerprint density at radius 1 is 1.35 bits per heavy atom. The van der Waals surface area contributed by atoms with Crippen molar-refractivity contribution in [2.75, 3.05) is 19.8 Å². The number of fused-ring (bicyclic) bond motifs is 1. The summed E-state index contributed by atoms with van der Waals surface area (Å²) in [4.78, 5) is 6.88. The van der Waals surface area contributed by atoms with Crippen LogP contribution in [-0.2, 0) is 22.6 Å². The molecule has 23 heavy (non-hydrogen) atoms. The Morgan fingerprint density at radius 2 is 2.35 bits per heavy atom. The summed E-state index contributed by atoms with van der Waals surface area (Å²) in [6, 6.07) is 2.79. The molecular formula is C17H22N2O2S2. The van der Waals surface area contributed by atoms with Crippen LogP contribution in [0.15, 0.2) is 28.4 Å². The standard InChI is InChI=1S/C17H22N2O2S2/c1-2-15-17(14(1)10-20-11-16-18-4-8-23-16)21-6-5-19(15)9-13-3-7-22-12-13/h3-4,7-8,12,14-15,17H,1-2,5-6,9-11H2/t14-,15+,17+/m0/s1. The second-order valence-electron chi connectivity index (χ2n) is 6.28. The first-order valence-corrected chi connectivity index (χ1v) is 10.1. The Labute approximate surface area is 145 Å². The Morgan fingerprint density at radius 3 is 3.17 bits per heavy atom. The van der Waals surface area contributed by atoms with Gasteiger partial charge < -0.3 is 9.47 Å². The molecule has 0 bridgehead atoms. The molecule has 0 aromatic carbocycles. The second-order valence-corrected chi connectivity index (χ2v) is 8.04. The van der Waals surface area contributed by atoms with Gasteiger partial charge in [-0.2, -0.15) is 11.3 Å². The van der Waals surface area contributed by atoms with Gasteiger partial charge in [0.25, 0.3) is 0 Å². The van der Waals surface area contributed by atoms with E-state index in [4.69, 9.17) is 9.47 Å². The van der Waals surface area contributed by atoms with Crippen molar-refractivity contribution in [2.24, 2.45) is 5.92 Å². The largest absolute Gasteiger partial charge is 0.375 e. The van der Waals surface area contributed by atoms with Gasteiger partial charge in [-0.05, 0) is 35.2 Å². The number of morpholine rings is 1. The SMILES string of the molecule is c1csc(COC[C@@H]2CC[C@@H]3[C@@H]2OCCN3Cc2ccsc2)n1. The molecule has 0 N–H and O–H groups in total. The monoisotopic (exact) mass is 350 g/mol. The van der Waals surface area contributed by atoms with E-state index in [1.807, 2.05) is 11.6 Å². The molecule has 3 heterocycles. The minimum atomic E-state index is 0.332. The molecule has 1 saturated carbocycles. The van der Waals surface area contributed by atoms with Crippen LogP contribution in [0.3, 0.4) is 0 Å². The van der Waals surface area contributed by atoms with E-state index in [0.29, 0.717) is 24.7 Å². The van der Waals surface area contributed by atoms with Gasteiger partial charge in [0.1, 0.15) is 5.01 Å². The molecule has 4 nitrogen and oxygen atoms in total. The molecule has 1 aliphatic carbocycles. The van der Waals surface area contributed by atoms with Gasteiger partial charge in [0.15, 0.2) is 0 Å². The van der Waals surface area contributed by atoms with E-state index >= 15 is 0 Å². The minimum absolute atomic E-state index is 0.332. The van der Waals surface area contributed by atoms with Crippen LogP contribution in [0.2, 0.25) is 0 Å². The molecular weight excluding hydrogens is 328 g/mol. The highest BCUT2D eigenvalue weighted by Crippen LogP contribution is 2.35. The van der Waals surface area contributed by atoms with Crippen LogP contribution in [0.25, 0.3) is 0 Å². The zero-order valence-corrected chi connectivity index (χ0v) is 14.7. The number of nitrogens with zero attached hydrogens (tertiary/aromatic N) is 2. The maximum absolute atomic E-state index is 6.12. The van der Waals surface area contributed by atoms with E-state index in [0.717, 1.165) is 31.3 Å². The summed E-state index contributed by atoms with van der Waals surface area (Å²) >= 11 is 3.44. The van der Waals surface area contributed by atoms with Crippen LogP contribution in [0.4, 0.5) is 0 Å². The Hall–Kier alpha value is -0.790. The van der Waals surface area contributed by atoms with Gasteiger partial charge in [-0.15, -0.1) is 11.3 Å². The van der Waals surface area contributed by atoms with Gasteiger partial charge in [-0.1, -0.05) is 0 Å². The van der Waals surface area contributed by atoms with E-state index in [-0.39, 0.29) is 0 Å². The van der Waals surface area contributed by atoms with Crippen molar-refractivity contribution < 1.29 is 9.47 Å². The fraction of sp³-hybridized carbons (Fsp3) is 0.588. The third-order valence-electron chi connectivity index (χ3n) is 4.84. The van der Waals surface area contributed by atoms with Crippen molar-refractivity contribution in [1.82, 2.24) is 9.88 Å². The van der Waals surface area contributed by atoms with Crippen molar-refractivity contribution in [1.29, 1.82) is 0 Å². The average Bonchev–Trinajstić information content (AvgIpc) is 3.30. The summed E-state index contributed by atoms with van der Waals surface area (Å²) in [6.45, 7) is 4.36. The number of hydrogen-bond donors (Lipinski definition) is 0. The quantitative estimate of drug-likeness (QED) is 0.800. The molecule has 0 spiro atoms. The van der Waals surface area contributed by atoms with Crippen molar-refractivity contribution in [2.45, 2.75) is 38.1 Å². The molecule has 1 saturated heterocycles. The van der Waals surface area contributed by atoms with E-state index in [1.54, 1.807) is 22.7 Å². The molecule has 124 valence electrons. The molecule has 6 heteroatoms. The lowest BCUT2D eigenvalue weighted by Gasteiger charge is -2.39. The van der Waals surface area contributed by atoms with E-state index in [1.165, 1.54) is 18.4 Å². The molecule has 2 aliphatic rings. The van der Waals surface area contributed by atoms with Crippen molar-refractivity contribution in [3.05, 3.63) is 39.0 Å². The zero-order valence-electron chi connectivity index (χ0n) is 13.1. The van der Waals surface area contributed by atoms with Crippen LogP contribution < -0.4 is 0 Å². The van der Waals surface area contributed by atoms with Crippen LogP contribution in [0, 0.1) is 5.92 Å². The summed E-state index contributed by atoms with van der Waals surface area (Å²) < 4.78 is 12.0. The highest BCUT2D eigenvalue weighted by molar-refractivity contribution is 7.09. The lowest BCUT2D eigenvalue weighted by Crippen LogP contribution is -2.50. The van der Waals surface area contributed by atoms with Gasteiger partial charge in [-0.25, -0.2) is 4.98 Å². The molecule has 0 radical (unpaired) electrons. The maximum atomic E-state index is 6.12. The highest BCUT2D eigenvalue weighted by atomic mass is 32.1. The molecule has 3 atom stereocenters. The topological polar surface area (TPSA) is 34.6 Å². The van der Waals surface area contributed by atoms with Gasteiger partial charge in [0, 0.05) is 36.6 Å². The Bertz CT molecular complexity index is 588. The molecule has 2 fully saturated rings. The minimum Gasteiger partial charge on any atom is -0.375 e. The molecule has 4 rings (SSSR count). The molecule has 1 aliphatic heterocycles. The highest BCUT2D eigenvalue weighted by Gasteiger charge is 2.42.